The highest BCUT2D eigenvalue weighted by atomic mass is 32.2. The Labute approximate surface area is 265 Å². The molecule has 3 heterocycles. The molecule has 230 valence electrons. The van der Waals surface area contributed by atoms with Crippen LogP contribution in [0.25, 0.3) is 0 Å². The number of nitrogens with zero attached hydrogens (tertiary/aromatic N) is 2. The molecule has 0 radical (unpaired) electrons. The molecule has 3 aromatic carbocycles. The van der Waals surface area contributed by atoms with Crippen molar-refractivity contribution < 1.29 is 28.7 Å². The zero-order chi connectivity index (χ0) is 31.7. The summed E-state index contributed by atoms with van der Waals surface area (Å²) in [6.45, 7) is 5.59. The van der Waals surface area contributed by atoms with Gasteiger partial charge in [-0.3, -0.25) is 14.5 Å². The average Bonchev–Trinajstić information content (AvgIpc) is 3.04. The lowest BCUT2D eigenvalue weighted by Gasteiger charge is -2.49. The number of para-hydroxylation sites is 1. The Kier molecular flexibility index (Phi) is 8.24. The number of alkyl carbamates (subject to hydrolysis) is 1. The van der Waals surface area contributed by atoms with Gasteiger partial charge in [-0.2, -0.15) is 0 Å². The van der Waals surface area contributed by atoms with Gasteiger partial charge in [0.15, 0.2) is 6.10 Å². The first-order valence-electron chi connectivity index (χ1n) is 14.7. The lowest BCUT2D eigenvalue weighted by molar-refractivity contribution is -0.153. The fourth-order valence-corrected chi connectivity index (χ4v) is 6.76. The summed E-state index contributed by atoms with van der Waals surface area (Å²) in [5, 5.41) is 2.12. The van der Waals surface area contributed by atoms with Crippen molar-refractivity contribution in [1.29, 1.82) is 0 Å². The maximum atomic E-state index is 14.2. The van der Waals surface area contributed by atoms with Crippen LogP contribution in [0.2, 0.25) is 0 Å². The minimum atomic E-state index is -0.875. The van der Waals surface area contributed by atoms with Gasteiger partial charge in [-0.05, 0) is 55.7 Å². The number of carbonyl (C=O) groups excluding carboxylic acids is 4. The Morgan fingerprint density at radius 3 is 2.04 bits per heavy atom. The highest BCUT2D eigenvalue weighted by Gasteiger charge is 2.55. The van der Waals surface area contributed by atoms with E-state index in [1.165, 1.54) is 16.7 Å². The summed E-state index contributed by atoms with van der Waals surface area (Å²) >= 11 is 1.40. The third kappa shape index (κ3) is 6.23. The number of allylic oxidation sites excluding steroid dienone is 1. The van der Waals surface area contributed by atoms with Gasteiger partial charge in [-0.1, -0.05) is 78.9 Å². The van der Waals surface area contributed by atoms with Crippen molar-refractivity contribution in [3.8, 4) is 0 Å². The van der Waals surface area contributed by atoms with E-state index in [1.54, 1.807) is 31.7 Å². The number of nitrogens with one attached hydrogen (secondary N) is 1. The largest absolute Gasteiger partial charge is 0.448 e. The van der Waals surface area contributed by atoms with Gasteiger partial charge < -0.3 is 19.7 Å². The molecule has 3 aliphatic heterocycles. The van der Waals surface area contributed by atoms with E-state index in [4.69, 9.17) is 9.47 Å². The van der Waals surface area contributed by atoms with Gasteiger partial charge in [0.25, 0.3) is 11.8 Å². The minimum absolute atomic E-state index is 0.0707. The third-order valence-electron chi connectivity index (χ3n) is 7.56. The molecule has 6 rings (SSSR count). The van der Waals surface area contributed by atoms with Gasteiger partial charge >= 0.3 is 12.1 Å². The number of β-lactam (4-membered cyclic amide) rings is 2. The van der Waals surface area contributed by atoms with Crippen molar-refractivity contribution in [3.05, 3.63) is 125 Å². The highest BCUT2D eigenvalue weighted by Crippen LogP contribution is 2.43. The number of anilines is 1. The molecule has 3 aliphatic rings. The first-order valence-corrected chi connectivity index (χ1v) is 15.7. The molecule has 0 aromatic heterocycles. The average molecular weight is 624 g/mol. The number of esters is 1. The third-order valence-corrected chi connectivity index (χ3v) is 8.86. The van der Waals surface area contributed by atoms with E-state index in [0.29, 0.717) is 23.4 Å². The van der Waals surface area contributed by atoms with E-state index in [2.05, 4.69) is 5.32 Å². The van der Waals surface area contributed by atoms with Crippen molar-refractivity contribution in [3.63, 3.8) is 0 Å². The van der Waals surface area contributed by atoms with Crippen LogP contribution in [0, 0.1) is 0 Å². The second-order valence-electron chi connectivity index (χ2n) is 11.9. The number of rotatable bonds is 7. The molecule has 0 bridgehead atoms. The fraction of sp³-hybridized carbons (Fsp3) is 0.257. The van der Waals surface area contributed by atoms with Crippen LogP contribution in [0.15, 0.2) is 114 Å². The molecule has 0 saturated carbocycles. The molecule has 1 N–H and O–H groups in total. The predicted molar refractivity (Wildman–Crippen MR) is 171 cm³/mol. The monoisotopic (exact) mass is 623 g/mol. The second-order valence-corrected chi connectivity index (χ2v) is 13.0. The molecule has 0 aliphatic carbocycles. The smallest absolute Gasteiger partial charge is 0.408 e. The quantitative estimate of drug-likeness (QED) is 0.215. The van der Waals surface area contributed by atoms with Crippen LogP contribution in [0.3, 0.4) is 0 Å². The van der Waals surface area contributed by atoms with Gasteiger partial charge in [0.1, 0.15) is 22.7 Å². The number of hydrogen-bond acceptors (Lipinski definition) is 7. The van der Waals surface area contributed by atoms with Gasteiger partial charge in [0.05, 0.1) is 6.54 Å². The number of fused-ring (bicyclic) bond motifs is 1. The Balaban J connectivity index is 1.32. The van der Waals surface area contributed by atoms with Crippen LogP contribution >= 0.6 is 11.8 Å². The molecule has 2 atom stereocenters. The van der Waals surface area contributed by atoms with Gasteiger partial charge in [0, 0.05) is 17.0 Å². The van der Waals surface area contributed by atoms with Crippen LogP contribution in [0.5, 0.6) is 0 Å². The molecule has 3 amide bonds. The zero-order valence-electron chi connectivity index (χ0n) is 25.1. The molecular formula is C35H33N3O6S. The van der Waals surface area contributed by atoms with Crippen molar-refractivity contribution in [1.82, 2.24) is 10.2 Å². The molecule has 0 spiro atoms. The van der Waals surface area contributed by atoms with Crippen molar-refractivity contribution >= 4 is 41.3 Å². The van der Waals surface area contributed by atoms with Crippen LogP contribution in [0.4, 0.5) is 10.5 Å². The lowest BCUT2D eigenvalue weighted by Crippen LogP contribution is -2.70. The number of thioether (sulfide) groups is 1. The Hall–Kier alpha value is -4.83. The summed E-state index contributed by atoms with van der Waals surface area (Å²) in [4.78, 5) is 56.4. The Morgan fingerprint density at radius 2 is 1.49 bits per heavy atom. The van der Waals surface area contributed by atoms with Crippen LogP contribution < -0.4 is 10.2 Å². The maximum absolute atomic E-state index is 14.2. The fourth-order valence-electron chi connectivity index (χ4n) is 5.45. The minimum Gasteiger partial charge on any atom is -0.448 e. The number of carbonyl (C=O) groups is 4. The summed E-state index contributed by atoms with van der Waals surface area (Å²) in [5.41, 5.74) is 2.70. The van der Waals surface area contributed by atoms with Gasteiger partial charge in [-0.25, -0.2) is 9.59 Å². The summed E-state index contributed by atoms with van der Waals surface area (Å²) in [6.07, 6.45) is 0.250. The summed E-state index contributed by atoms with van der Waals surface area (Å²) < 4.78 is 11.6. The molecular weight excluding hydrogens is 590 g/mol. The standard InChI is InChI=1S/C35H33N3O6S/c1-35(2,3)44-34(42)36-27-31(40)38-28(33(41)43-29(22-13-7-4-8-14-22)23-15-9-5-10-16-23)25(21-45-32(27)38)19-24-20-37(30(24)39)26-17-11-6-12-18-26/h4-19,27,29,32H,20-21H2,1-3H3,(H,36,42)/b24-19-/t27-,32-/m1/s1. The summed E-state index contributed by atoms with van der Waals surface area (Å²) in [5.74, 6) is -0.989. The first-order chi connectivity index (χ1) is 21.6. The maximum Gasteiger partial charge on any atom is 0.408 e. The molecule has 2 saturated heterocycles. The molecule has 45 heavy (non-hydrogen) atoms. The lowest BCUT2D eigenvalue weighted by atomic mass is 9.98. The van der Waals surface area contributed by atoms with E-state index in [-0.39, 0.29) is 11.6 Å². The number of hydrogen-bond donors (Lipinski definition) is 1. The van der Waals surface area contributed by atoms with Crippen molar-refractivity contribution in [2.45, 2.75) is 43.9 Å². The topological polar surface area (TPSA) is 105 Å². The zero-order valence-corrected chi connectivity index (χ0v) is 26.0. The van der Waals surface area contributed by atoms with Gasteiger partial charge in [0.2, 0.25) is 0 Å². The van der Waals surface area contributed by atoms with Gasteiger partial charge in [-0.15, -0.1) is 11.8 Å². The number of ether oxygens (including phenoxy) is 2. The Bertz CT molecular complexity index is 1640. The van der Waals surface area contributed by atoms with E-state index >= 15 is 0 Å². The summed E-state index contributed by atoms with van der Waals surface area (Å²) in [6, 6.07) is 27.2. The molecule has 2 fully saturated rings. The molecule has 9 nitrogen and oxygen atoms in total. The van der Waals surface area contributed by atoms with E-state index in [0.717, 1.165) is 16.8 Å². The van der Waals surface area contributed by atoms with Crippen LogP contribution in [-0.4, -0.2) is 58.1 Å². The van der Waals surface area contributed by atoms with Crippen molar-refractivity contribution in [2.24, 2.45) is 0 Å². The van der Waals surface area contributed by atoms with E-state index in [1.807, 2.05) is 91.0 Å². The number of amides is 3. The normalized spacial score (nSPS) is 20.4. The van der Waals surface area contributed by atoms with E-state index in [9.17, 15) is 19.2 Å². The summed E-state index contributed by atoms with van der Waals surface area (Å²) in [7, 11) is 0. The molecule has 10 heteroatoms. The van der Waals surface area contributed by atoms with Crippen LogP contribution in [-0.2, 0) is 23.9 Å². The molecule has 0 unspecified atom stereocenters. The van der Waals surface area contributed by atoms with E-state index < -0.39 is 41.1 Å². The van der Waals surface area contributed by atoms with Crippen molar-refractivity contribution in [2.75, 3.05) is 17.2 Å². The van der Waals surface area contributed by atoms with Crippen LogP contribution in [0.1, 0.15) is 38.0 Å². The highest BCUT2D eigenvalue weighted by molar-refractivity contribution is 8.00. The Morgan fingerprint density at radius 1 is 0.911 bits per heavy atom. The molecule has 3 aromatic rings. The number of benzene rings is 3. The first kappa shape index (κ1) is 30.2. The predicted octanol–water partition coefficient (Wildman–Crippen LogP) is 5.35. The second kappa shape index (κ2) is 12.3. The SMILES string of the molecule is CC(C)(C)OC(=O)N[C@@H]1C(=O)N2C(C(=O)OC(c3ccccc3)c3ccccc3)=C(/C=C3/CN(c4ccccc4)C3=O)CS[C@H]12.